The molecule has 0 aliphatic carbocycles. The van der Waals surface area contributed by atoms with E-state index in [1.807, 2.05) is 6.92 Å². The predicted octanol–water partition coefficient (Wildman–Crippen LogP) is 3.00. The van der Waals surface area contributed by atoms with E-state index in [9.17, 15) is 9.18 Å². The summed E-state index contributed by atoms with van der Waals surface area (Å²) in [4.78, 5) is 28.4. The molecular formula is C23H31FN6O. The van der Waals surface area contributed by atoms with Crippen LogP contribution >= 0.6 is 0 Å². The van der Waals surface area contributed by atoms with Crippen LogP contribution in [0.5, 0.6) is 0 Å². The first kappa shape index (κ1) is 21.5. The Hall–Kier alpha value is -2.74. The zero-order valence-corrected chi connectivity index (χ0v) is 18.3. The standard InChI is InChI=1S/C23H31FN6O/c1-17-5-4-8-30(15-17)22-14-21(25-16-26-22)29-11-9-28(10-12-29)18(2)23(31)27-20-7-3-6-19(24)13-20/h3,6-7,13-14,16-18H,4-5,8-12,15H2,1-2H3,(H,27,31). The Bertz CT molecular complexity index is 901. The molecule has 4 rings (SSSR count). The zero-order valence-electron chi connectivity index (χ0n) is 18.3. The summed E-state index contributed by atoms with van der Waals surface area (Å²) >= 11 is 0. The number of hydrogen-bond donors (Lipinski definition) is 1. The van der Waals surface area contributed by atoms with Gasteiger partial charge in [-0.05, 0) is 43.9 Å². The monoisotopic (exact) mass is 426 g/mol. The van der Waals surface area contributed by atoms with Gasteiger partial charge in [-0.25, -0.2) is 14.4 Å². The number of hydrogen-bond acceptors (Lipinski definition) is 6. The van der Waals surface area contributed by atoms with Crippen LogP contribution in [0, 0.1) is 11.7 Å². The van der Waals surface area contributed by atoms with Gasteiger partial charge in [0.1, 0.15) is 23.8 Å². The minimum atomic E-state index is -0.359. The maximum Gasteiger partial charge on any atom is 0.241 e. The molecule has 0 spiro atoms. The maximum atomic E-state index is 13.4. The van der Waals surface area contributed by atoms with E-state index in [0.29, 0.717) is 11.6 Å². The first-order valence-corrected chi connectivity index (χ1v) is 11.1. The number of halogens is 1. The lowest BCUT2D eigenvalue weighted by Gasteiger charge is -2.38. The quantitative estimate of drug-likeness (QED) is 0.793. The maximum absolute atomic E-state index is 13.4. The highest BCUT2D eigenvalue weighted by molar-refractivity contribution is 5.94. The number of anilines is 3. The molecule has 2 aliphatic rings. The number of nitrogens with one attached hydrogen (secondary N) is 1. The Balaban J connectivity index is 1.33. The van der Waals surface area contributed by atoms with Crippen molar-refractivity contribution in [3.05, 3.63) is 42.5 Å². The molecule has 0 radical (unpaired) electrons. The third kappa shape index (κ3) is 5.31. The second kappa shape index (κ2) is 9.60. The van der Waals surface area contributed by atoms with Gasteiger partial charge in [0.25, 0.3) is 0 Å². The van der Waals surface area contributed by atoms with Gasteiger partial charge in [0.15, 0.2) is 0 Å². The van der Waals surface area contributed by atoms with Gasteiger partial charge in [-0.1, -0.05) is 13.0 Å². The average molecular weight is 427 g/mol. The molecular weight excluding hydrogens is 395 g/mol. The molecule has 166 valence electrons. The molecule has 8 heteroatoms. The highest BCUT2D eigenvalue weighted by atomic mass is 19.1. The number of rotatable bonds is 5. The first-order chi connectivity index (χ1) is 15.0. The molecule has 7 nitrogen and oxygen atoms in total. The Morgan fingerprint density at radius 1 is 1.10 bits per heavy atom. The van der Waals surface area contributed by atoms with Gasteiger partial charge >= 0.3 is 0 Å². The van der Waals surface area contributed by atoms with Gasteiger partial charge < -0.3 is 15.1 Å². The lowest BCUT2D eigenvalue weighted by Crippen LogP contribution is -2.53. The van der Waals surface area contributed by atoms with Crippen molar-refractivity contribution in [2.24, 2.45) is 5.92 Å². The van der Waals surface area contributed by atoms with E-state index in [4.69, 9.17) is 0 Å². The van der Waals surface area contributed by atoms with E-state index >= 15 is 0 Å². The summed E-state index contributed by atoms with van der Waals surface area (Å²) in [6.45, 7) is 9.39. The van der Waals surface area contributed by atoms with Crippen LogP contribution in [-0.2, 0) is 4.79 Å². The van der Waals surface area contributed by atoms with Crippen LogP contribution in [0.3, 0.4) is 0 Å². The number of piperidine rings is 1. The van der Waals surface area contributed by atoms with E-state index in [1.54, 1.807) is 18.5 Å². The zero-order chi connectivity index (χ0) is 21.8. The summed E-state index contributed by atoms with van der Waals surface area (Å²) in [5, 5.41) is 2.81. The summed E-state index contributed by atoms with van der Waals surface area (Å²) in [5.74, 6) is 2.15. The Kier molecular flexibility index (Phi) is 6.65. The van der Waals surface area contributed by atoms with Crippen molar-refractivity contribution >= 4 is 23.2 Å². The third-order valence-electron chi connectivity index (χ3n) is 6.28. The third-order valence-corrected chi connectivity index (χ3v) is 6.28. The van der Waals surface area contributed by atoms with Crippen LogP contribution < -0.4 is 15.1 Å². The van der Waals surface area contributed by atoms with Crippen molar-refractivity contribution in [2.75, 3.05) is 54.4 Å². The molecule has 1 aromatic carbocycles. The van der Waals surface area contributed by atoms with Crippen molar-refractivity contribution in [3.8, 4) is 0 Å². The number of benzene rings is 1. The molecule has 31 heavy (non-hydrogen) atoms. The summed E-state index contributed by atoms with van der Waals surface area (Å²) in [7, 11) is 0. The molecule has 1 aromatic heterocycles. The molecule has 2 unspecified atom stereocenters. The molecule has 2 aromatic rings. The highest BCUT2D eigenvalue weighted by Gasteiger charge is 2.27. The summed E-state index contributed by atoms with van der Waals surface area (Å²) < 4.78 is 13.4. The van der Waals surface area contributed by atoms with Gasteiger partial charge in [-0.3, -0.25) is 9.69 Å². The van der Waals surface area contributed by atoms with Gasteiger partial charge in [-0.2, -0.15) is 0 Å². The van der Waals surface area contributed by atoms with Crippen LogP contribution in [0.2, 0.25) is 0 Å². The number of piperazine rings is 1. The van der Waals surface area contributed by atoms with Crippen LogP contribution in [0.4, 0.5) is 21.7 Å². The van der Waals surface area contributed by atoms with E-state index in [1.165, 1.54) is 25.0 Å². The molecule has 1 N–H and O–H groups in total. The Labute approximate surface area is 183 Å². The molecule has 0 saturated carbocycles. The second-order valence-corrected chi connectivity index (χ2v) is 8.63. The van der Waals surface area contributed by atoms with Crippen LogP contribution in [0.1, 0.15) is 26.7 Å². The predicted molar refractivity (Wildman–Crippen MR) is 121 cm³/mol. The fourth-order valence-electron chi connectivity index (χ4n) is 4.40. The normalized spacial score (nSPS) is 21.1. The molecule has 3 heterocycles. The Morgan fingerprint density at radius 2 is 1.84 bits per heavy atom. The largest absolute Gasteiger partial charge is 0.356 e. The van der Waals surface area contributed by atoms with Gasteiger partial charge in [0.2, 0.25) is 5.91 Å². The molecule has 2 saturated heterocycles. The fraction of sp³-hybridized carbons (Fsp3) is 0.522. The minimum absolute atomic E-state index is 0.123. The number of amides is 1. The van der Waals surface area contributed by atoms with Gasteiger partial charge in [0.05, 0.1) is 6.04 Å². The minimum Gasteiger partial charge on any atom is -0.356 e. The van der Waals surface area contributed by atoms with Crippen molar-refractivity contribution in [3.63, 3.8) is 0 Å². The summed E-state index contributed by atoms with van der Waals surface area (Å²) in [5.41, 5.74) is 0.482. The average Bonchev–Trinajstić information content (AvgIpc) is 2.79. The van der Waals surface area contributed by atoms with E-state index in [-0.39, 0.29) is 17.8 Å². The lowest BCUT2D eigenvalue weighted by atomic mass is 10.0. The van der Waals surface area contributed by atoms with Crippen molar-refractivity contribution in [1.82, 2.24) is 14.9 Å². The Morgan fingerprint density at radius 3 is 2.55 bits per heavy atom. The van der Waals surface area contributed by atoms with Crippen molar-refractivity contribution in [1.29, 1.82) is 0 Å². The van der Waals surface area contributed by atoms with Crippen LogP contribution in [0.25, 0.3) is 0 Å². The highest BCUT2D eigenvalue weighted by Crippen LogP contribution is 2.24. The smallest absolute Gasteiger partial charge is 0.241 e. The van der Waals surface area contributed by atoms with Crippen LogP contribution in [0.15, 0.2) is 36.7 Å². The van der Waals surface area contributed by atoms with E-state index < -0.39 is 0 Å². The number of carbonyl (C=O) groups is 1. The fourth-order valence-corrected chi connectivity index (χ4v) is 4.40. The number of nitrogens with zero attached hydrogens (tertiary/aromatic N) is 5. The first-order valence-electron chi connectivity index (χ1n) is 11.1. The molecule has 2 aliphatic heterocycles. The van der Waals surface area contributed by atoms with Gasteiger partial charge in [0, 0.05) is 51.0 Å². The molecule has 2 atom stereocenters. The molecule has 1 amide bonds. The summed E-state index contributed by atoms with van der Waals surface area (Å²) in [6.07, 6.45) is 4.14. The molecule has 0 bridgehead atoms. The van der Waals surface area contributed by atoms with Gasteiger partial charge in [-0.15, -0.1) is 0 Å². The molecule has 2 fully saturated rings. The van der Waals surface area contributed by atoms with Crippen LogP contribution in [-0.4, -0.2) is 66.1 Å². The lowest BCUT2D eigenvalue weighted by molar-refractivity contribution is -0.120. The van der Waals surface area contributed by atoms with E-state index in [0.717, 1.165) is 50.9 Å². The SMILES string of the molecule is CC1CCCN(c2cc(N3CCN(C(C)C(=O)Nc4cccc(F)c4)CC3)ncn2)C1. The number of carbonyl (C=O) groups excluding carboxylic acids is 1. The van der Waals surface area contributed by atoms with Crippen molar-refractivity contribution in [2.45, 2.75) is 32.7 Å². The second-order valence-electron chi connectivity index (χ2n) is 8.63. The van der Waals surface area contributed by atoms with E-state index in [2.05, 4.69) is 43.0 Å². The van der Waals surface area contributed by atoms with Crippen molar-refractivity contribution < 1.29 is 9.18 Å². The summed E-state index contributed by atoms with van der Waals surface area (Å²) in [6, 6.07) is 7.78. The topological polar surface area (TPSA) is 64.6 Å². The number of aromatic nitrogens is 2.